The standard InChI is InChI=1S/C24H28N2O3S/c1-6-13-29-22-18(9-8-10-20(22)28-5)15-21-23(27)26(7-2)24(30-21)25-19-12-11-16(3)17(4)14-19/h8-12,14-15H,6-7,13H2,1-5H3/b21-15+,25-24?. The summed E-state index contributed by atoms with van der Waals surface area (Å²) in [6.45, 7) is 9.29. The number of aryl methyl sites for hydroxylation is 2. The minimum Gasteiger partial charge on any atom is -0.493 e. The van der Waals surface area contributed by atoms with E-state index in [1.165, 1.54) is 22.9 Å². The number of benzene rings is 2. The van der Waals surface area contributed by atoms with E-state index in [4.69, 9.17) is 14.5 Å². The number of thioether (sulfide) groups is 1. The molecule has 0 radical (unpaired) electrons. The predicted molar refractivity (Wildman–Crippen MR) is 125 cm³/mol. The number of hydrogen-bond acceptors (Lipinski definition) is 5. The van der Waals surface area contributed by atoms with Gasteiger partial charge < -0.3 is 9.47 Å². The fraction of sp³-hybridized carbons (Fsp3) is 0.333. The molecule has 1 fully saturated rings. The number of aliphatic imine (C=N–C) groups is 1. The predicted octanol–water partition coefficient (Wildman–Crippen LogP) is 5.72. The number of likely N-dealkylation sites (N-methyl/N-ethyl adjacent to an activating group) is 1. The Morgan fingerprint density at radius 1 is 1.13 bits per heavy atom. The van der Waals surface area contributed by atoms with Crippen LogP contribution in [0.2, 0.25) is 0 Å². The van der Waals surface area contributed by atoms with E-state index in [-0.39, 0.29) is 5.91 Å². The Morgan fingerprint density at radius 2 is 1.93 bits per heavy atom. The van der Waals surface area contributed by atoms with Crippen molar-refractivity contribution in [1.82, 2.24) is 4.90 Å². The first-order valence-corrected chi connectivity index (χ1v) is 11.0. The molecule has 2 aromatic rings. The van der Waals surface area contributed by atoms with Gasteiger partial charge in [0.1, 0.15) is 0 Å². The maximum Gasteiger partial charge on any atom is 0.266 e. The van der Waals surface area contributed by atoms with Crippen LogP contribution in [0.4, 0.5) is 5.69 Å². The minimum atomic E-state index is -0.0469. The van der Waals surface area contributed by atoms with Gasteiger partial charge in [-0.25, -0.2) is 4.99 Å². The van der Waals surface area contributed by atoms with Crippen LogP contribution in [0, 0.1) is 13.8 Å². The number of ether oxygens (including phenoxy) is 2. The molecule has 1 saturated heterocycles. The number of para-hydroxylation sites is 1. The summed E-state index contributed by atoms with van der Waals surface area (Å²) in [7, 11) is 1.62. The van der Waals surface area contributed by atoms with E-state index in [9.17, 15) is 4.79 Å². The fourth-order valence-corrected chi connectivity index (χ4v) is 4.14. The molecule has 2 aromatic carbocycles. The van der Waals surface area contributed by atoms with Gasteiger partial charge >= 0.3 is 0 Å². The molecule has 0 aliphatic carbocycles. The van der Waals surface area contributed by atoms with Crippen LogP contribution in [-0.4, -0.2) is 36.2 Å². The number of methoxy groups -OCH3 is 1. The topological polar surface area (TPSA) is 51.1 Å². The maximum atomic E-state index is 13.0. The summed E-state index contributed by atoms with van der Waals surface area (Å²) in [5.74, 6) is 1.27. The van der Waals surface area contributed by atoms with Gasteiger partial charge in [-0.15, -0.1) is 0 Å². The van der Waals surface area contributed by atoms with Gasteiger partial charge in [-0.2, -0.15) is 0 Å². The second kappa shape index (κ2) is 9.85. The van der Waals surface area contributed by atoms with Crippen LogP contribution in [0.5, 0.6) is 11.5 Å². The van der Waals surface area contributed by atoms with Crippen LogP contribution in [0.25, 0.3) is 6.08 Å². The third-order valence-electron chi connectivity index (χ3n) is 4.89. The third-order valence-corrected chi connectivity index (χ3v) is 5.89. The molecule has 158 valence electrons. The van der Waals surface area contributed by atoms with Gasteiger partial charge in [0, 0.05) is 12.1 Å². The monoisotopic (exact) mass is 424 g/mol. The molecule has 0 atom stereocenters. The van der Waals surface area contributed by atoms with Crippen LogP contribution in [-0.2, 0) is 4.79 Å². The molecule has 0 N–H and O–H groups in total. The second-order valence-electron chi connectivity index (χ2n) is 7.05. The lowest BCUT2D eigenvalue weighted by atomic mass is 10.1. The van der Waals surface area contributed by atoms with Gasteiger partial charge in [-0.1, -0.05) is 25.1 Å². The maximum absolute atomic E-state index is 13.0. The van der Waals surface area contributed by atoms with Crippen LogP contribution < -0.4 is 9.47 Å². The van der Waals surface area contributed by atoms with Crippen molar-refractivity contribution in [3.05, 3.63) is 58.0 Å². The molecule has 0 unspecified atom stereocenters. The van der Waals surface area contributed by atoms with E-state index in [1.54, 1.807) is 12.0 Å². The average molecular weight is 425 g/mol. The smallest absolute Gasteiger partial charge is 0.266 e. The SMILES string of the molecule is CCCOc1c(/C=C2/SC(=Nc3ccc(C)c(C)c3)N(CC)C2=O)cccc1OC. The Morgan fingerprint density at radius 3 is 2.60 bits per heavy atom. The lowest BCUT2D eigenvalue weighted by Crippen LogP contribution is -2.28. The Labute approximate surface area is 182 Å². The van der Waals surface area contributed by atoms with Crippen LogP contribution in [0.3, 0.4) is 0 Å². The molecule has 30 heavy (non-hydrogen) atoms. The Balaban J connectivity index is 1.97. The van der Waals surface area contributed by atoms with Crippen molar-refractivity contribution < 1.29 is 14.3 Å². The number of amides is 1. The number of hydrogen-bond donors (Lipinski definition) is 0. The zero-order valence-electron chi connectivity index (χ0n) is 18.2. The number of carbonyl (C=O) groups is 1. The Kier molecular flexibility index (Phi) is 7.21. The molecular formula is C24H28N2O3S. The quantitative estimate of drug-likeness (QED) is 0.533. The molecule has 1 heterocycles. The highest BCUT2D eigenvalue weighted by Gasteiger charge is 2.32. The molecule has 0 spiro atoms. The van der Waals surface area contributed by atoms with Gasteiger partial charge in [0.05, 0.1) is 24.3 Å². The number of nitrogens with zero attached hydrogens (tertiary/aromatic N) is 2. The Bertz CT molecular complexity index is 998. The molecule has 1 amide bonds. The molecule has 1 aliphatic heterocycles. The molecule has 0 bridgehead atoms. The van der Waals surface area contributed by atoms with Crippen LogP contribution in [0.15, 0.2) is 46.3 Å². The van der Waals surface area contributed by atoms with Gasteiger partial charge in [0.2, 0.25) is 0 Å². The first kappa shape index (κ1) is 22.0. The lowest BCUT2D eigenvalue weighted by Gasteiger charge is -2.13. The zero-order chi connectivity index (χ0) is 21.7. The van der Waals surface area contributed by atoms with Crippen LogP contribution in [0.1, 0.15) is 37.0 Å². The summed E-state index contributed by atoms with van der Waals surface area (Å²) >= 11 is 1.39. The van der Waals surface area contributed by atoms with Crippen molar-refractivity contribution in [3.63, 3.8) is 0 Å². The molecule has 1 aliphatic rings. The van der Waals surface area contributed by atoms with Gasteiger partial charge in [0.25, 0.3) is 5.91 Å². The molecule has 5 nitrogen and oxygen atoms in total. The highest BCUT2D eigenvalue weighted by atomic mass is 32.2. The molecule has 6 heteroatoms. The molecule has 3 rings (SSSR count). The van der Waals surface area contributed by atoms with E-state index in [1.807, 2.05) is 43.3 Å². The van der Waals surface area contributed by atoms with Crippen molar-refractivity contribution in [2.45, 2.75) is 34.1 Å². The largest absolute Gasteiger partial charge is 0.493 e. The summed E-state index contributed by atoms with van der Waals surface area (Å²) < 4.78 is 11.4. The average Bonchev–Trinajstić information content (AvgIpc) is 3.03. The summed E-state index contributed by atoms with van der Waals surface area (Å²) in [5.41, 5.74) is 4.07. The summed E-state index contributed by atoms with van der Waals surface area (Å²) in [4.78, 5) is 20.1. The molecular weight excluding hydrogens is 396 g/mol. The highest BCUT2D eigenvalue weighted by molar-refractivity contribution is 8.18. The third kappa shape index (κ3) is 4.70. The Hall–Kier alpha value is -2.73. The van der Waals surface area contributed by atoms with E-state index >= 15 is 0 Å². The highest BCUT2D eigenvalue weighted by Crippen LogP contribution is 2.38. The molecule has 0 saturated carbocycles. The summed E-state index contributed by atoms with van der Waals surface area (Å²) in [6, 6.07) is 11.8. The number of rotatable bonds is 7. The van der Waals surface area contributed by atoms with E-state index in [0.29, 0.717) is 34.7 Å². The first-order chi connectivity index (χ1) is 14.5. The second-order valence-corrected chi connectivity index (χ2v) is 8.06. The lowest BCUT2D eigenvalue weighted by molar-refractivity contribution is -0.122. The minimum absolute atomic E-state index is 0.0469. The fourth-order valence-electron chi connectivity index (χ4n) is 3.08. The van der Waals surface area contributed by atoms with E-state index in [2.05, 4.69) is 26.8 Å². The van der Waals surface area contributed by atoms with Crippen molar-refractivity contribution in [2.75, 3.05) is 20.3 Å². The van der Waals surface area contributed by atoms with E-state index in [0.717, 1.165) is 17.7 Å². The van der Waals surface area contributed by atoms with Crippen molar-refractivity contribution >= 4 is 34.6 Å². The van der Waals surface area contributed by atoms with Crippen molar-refractivity contribution in [1.29, 1.82) is 0 Å². The van der Waals surface area contributed by atoms with Crippen LogP contribution >= 0.6 is 11.8 Å². The zero-order valence-corrected chi connectivity index (χ0v) is 19.0. The van der Waals surface area contributed by atoms with Gasteiger partial charge in [-0.3, -0.25) is 9.69 Å². The number of amidine groups is 1. The van der Waals surface area contributed by atoms with Gasteiger partial charge in [-0.05, 0) is 74.4 Å². The van der Waals surface area contributed by atoms with Gasteiger partial charge in [0.15, 0.2) is 16.7 Å². The molecule has 0 aromatic heterocycles. The van der Waals surface area contributed by atoms with Crippen molar-refractivity contribution in [2.24, 2.45) is 4.99 Å². The van der Waals surface area contributed by atoms with Crippen molar-refractivity contribution in [3.8, 4) is 11.5 Å². The first-order valence-electron chi connectivity index (χ1n) is 10.2. The normalized spacial score (nSPS) is 16.6. The summed E-state index contributed by atoms with van der Waals surface area (Å²) in [6.07, 6.45) is 2.75. The summed E-state index contributed by atoms with van der Waals surface area (Å²) in [5, 5.41) is 0.691. The van der Waals surface area contributed by atoms with E-state index < -0.39 is 0 Å². The number of carbonyl (C=O) groups excluding carboxylic acids is 1.